The minimum atomic E-state index is 0.626. The van der Waals surface area contributed by atoms with Gasteiger partial charge in [-0.3, -0.25) is 0 Å². The smallest absolute Gasteiger partial charge is 0.0307 e. The van der Waals surface area contributed by atoms with Gasteiger partial charge in [0.15, 0.2) is 0 Å². The minimum absolute atomic E-state index is 0.626. The molecule has 1 nitrogen and oxygen atoms in total. The van der Waals surface area contributed by atoms with Crippen LogP contribution in [0.2, 0.25) is 0 Å². The monoisotopic (exact) mass is 239 g/mol. The van der Waals surface area contributed by atoms with Crippen molar-refractivity contribution < 1.29 is 0 Å². The molecule has 4 aliphatic carbocycles. The van der Waals surface area contributed by atoms with Gasteiger partial charge in [0.1, 0.15) is 0 Å². The van der Waals surface area contributed by atoms with Gasteiger partial charge in [0.2, 0.25) is 0 Å². The first-order valence-electron chi connectivity index (χ1n) is 6.69. The molecule has 0 atom stereocenters. The standard InChI is InChI=1S/C14H22ClN/c1-10(15)8-16-9-14-5-11-2-12(6-14)4-13(3-11)7-14/h11-13,16H,1-9H2. The number of hydrogen-bond acceptors (Lipinski definition) is 1. The molecule has 4 saturated carbocycles. The van der Waals surface area contributed by atoms with Gasteiger partial charge in [0.05, 0.1) is 0 Å². The highest BCUT2D eigenvalue weighted by atomic mass is 35.5. The van der Waals surface area contributed by atoms with Crippen LogP contribution in [0.5, 0.6) is 0 Å². The molecule has 90 valence electrons. The third-order valence-electron chi connectivity index (χ3n) is 4.98. The zero-order valence-corrected chi connectivity index (χ0v) is 10.7. The van der Waals surface area contributed by atoms with Crippen LogP contribution in [0.4, 0.5) is 0 Å². The molecule has 4 rings (SSSR count). The van der Waals surface area contributed by atoms with Gasteiger partial charge in [-0.05, 0) is 61.7 Å². The molecule has 0 spiro atoms. The zero-order valence-electron chi connectivity index (χ0n) is 9.97. The van der Waals surface area contributed by atoms with Gasteiger partial charge in [-0.1, -0.05) is 18.2 Å². The van der Waals surface area contributed by atoms with E-state index in [1.54, 1.807) is 0 Å². The van der Waals surface area contributed by atoms with E-state index < -0.39 is 0 Å². The molecule has 0 aromatic carbocycles. The molecule has 4 aliphatic rings. The second-order valence-electron chi connectivity index (χ2n) is 6.54. The maximum Gasteiger partial charge on any atom is 0.0307 e. The molecule has 0 radical (unpaired) electrons. The van der Waals surface area contributed by atoms with Crippen molar-refractivity contribution in [1.29, 1.82) is 0 Å². The van der Waals surface area contributed by atoms with Crippen LogP contribution in [0.25, 0.3) is 0 Å². The summed E-state index contributed by atoms with van der Waals surface area (Å²) in [7, 11) is 0. The van der Waals surface area contributed by atoms with Gasteiger partial charge in [-0.25, -0.2) is 0 Å². The second kappa shape index (κ2) is 4.03. The SMILES string of the molecule is C=C(Cl)CNCC12CC3CC(CC(C3)C1)C2. The van der Waals surface area contributed by atoms with Crippen molar-refractivity contribution >= 4 is 11.6 Å². The van der Waals surface area contributed by atoms with Crippen LogP contribution in [0.15, 0.2) is 11.6 Å². The summed E-state index contributed by atoms with van der Waals surface area (Å²) in [5, 5.41) is 4.25. The molecule has 0 saturated heterocycles. The third-order valence-corrected chi connectivity index (χ3v) is 5.12. The van der Waals surface area contributed by atoms with E-state index in [2.05, 4.69) is 11.9 Å². The lowest BCUT2D eigenvalue weighted by Gasteiger charge is -2.57. The van der Waals surface area contributed by atoms with E-state index >= 15 is 0 Å². The molecule has 16 heavy (non-hydrogen) atoms. The molecule has 0 aromatic heterocycles. The maximum atomic E-state index is 5.81. The van der Waals surface area contributed by atoms with Crippen LogP contribution in [0.3, 0.4) is 0 Å². The molecule has 4 fully saturated rings. The summed E-state index contributed by atoms with van der Waals surface area (Å²) in [5.74, 6) is 3.15. The topological polar surface area (TPSA) is 12.0 Å². The normalized spacial score (nSPS) is 44.9. The third kappa shape index (κ3) is 2.04. The van der Waals surface area contributed by atoms with Gasteiger partial charge in [-0.2, -0.15) is 0 Å². The summed E-state index contributed by atoms with van der Waals surface area (Å²) in [6.07, 6.45) is 9.01. The Hall–Kier alpha value is -0.0100. The maximum absolute atomic E-state index is 5.81. The Balaban J connectivity index is 1.62. The minimum Gasteiger partial charge on any atom is -0.311 e. The fourth-order valence-corrected chi connectivity index (χ4v) is 5.06. The van der Waals surface area contributed by atoms with E-state index in [4.69, 9.17) is 11.6 Å². The predicted molar refractivity (Wildman–Crippen MR) is 68.5 cm³/mol. The molecule has 0 aromatic rings. The molecule has 0 unspecified atom stereocenters. The van der Waals surface area contributed by atoms with Crippen LogP contribution >= 0.6 is 11.6 Å². The van der Waals surface area contributed by atoms with Gasteiger partial charge >= 0.3 is 0 Å². The van der Waals surface area contributed by atoms with E-state index in [0.29, 0.717) is 5.41 Å². The molecule has 4 bridgehead atoms. The van der Waals surface area contributed by atoms with E-state index in [1.165, 1.54) is 45.1 Å². The quantitative estimate of drug-likeness (QED) is 0.791. The Morgan fingerprint density at radius 2 is 1.62 bits per heavy atom. The lowest BCUT2D eigenvalue weighted by molar-refractivity contribution is -0.0508. The van der Waals surface area contributed by atoms with Crippen LogP contribution in [-0.2, 0) is 0 Å². The first kappa shape index (κ1) is 11.1. The van der Waals surface area contributed by atoms with Crippen LogP contribution in [-0.4, -0.2) is 13.1 Å². The van der Waals surface area contributed by atoms with Crippen LogP contribution in [0.1, 0.15) is 38.5 Å². The Bertz CT molecular complexity index is 262. The van der Waals surface area contributed by atoms with Crippen molar-refractivity contribution in [2.45, 2.75) is 38.5 Å². The highest BCUT2D eigenvalue weighted by molar-refractivity contribution is 6.29. The second-order valence-corrected chi connectivity index (χ2v) is 7.07. The van der Waals surface area contributed by atoms with Gasteiger partial charge in [0.25, 0.3) is 0 Å². The van der Waals surface area contributed by atoms with Crippen molar-refractivity contribution in [3.63, 3.8) is 0 Å². The van der Waals surface area contributed by atoms with E-state index in [9.17, 15) is 0 Å². The van der Waals surface area contributed by atoms with E-state index in [-0.39, 0.29) is 0 Å². The van der Waals surface area contributed by atoms with Crippen LogP contribution < -0.4 is 5.32 Å². The van der Waals surface area contributed by atoms with Crippen molar-refractivity contribution in [2.75, 3.05) is 13.1 Å². The fraction of sp³-hybridized carbons (Fsp3) is 0.857. The Labute approximate surface area is 104 Å². The summed E-state index contributed by atoms with van der Waals surface area (Å²) < 4.78 is 0. The predicted octanol–water partition coefficient (Wildman–Crippen LogP) is 3.54. The Kier molecular flexibility index (Phi) is 2.79. The van der Waals surface area contributed by atoms with Gasteiger partial charge < -0.3 is 5.32 Å². The first-order valence-corrected chi connectivity index (χ1v) is 7.07. The van der Waals surface area contributed by atoms with Crippen LogP contribution in [0, 0.1) is 23.2 Å². The van der Waals surface area contributed by atoms with Crippen molar-refractivity contribution in [2.24, 2.45) is 23.2 Å². The molecular weight excluding hydrogens is 218 g/mol. The number of rotatable bonds is 4. The van der Waals surface area contributed by atoms with Crippen molar-refractivity contribution in [1.82, 2.24) is 5.32 Å². The summed E-state index contributed by atoms with van der Waals surface area (Å²) in [6.45, 7) is 5.69. The number of halogens is 1. The molecule has 1 N–H and O–H groups in total. The Morgan fingerprint density at radius 3 is 2.06 bits per heavy atom. The zero-order chi connectivity index (χ0) is 11.2. The van der Waals surface area contributed by atoms with Crippen molar-refractivity contribution in [3.05, 3.63) is 11.6 Å². The van der Waals surface area contributed by atoms with Gasteiger partial charge in [0, 0.05) is 18.1 Å². The Morgan fingerprint density at radius 1 is 1.12 bits per heavy atom. The molecule has 0 heterocycles. The summed E-state index contributed by atoms with van der Waals surface area (Å²) in [4.78, 5) is 0. The largest absolute Gasteiger partial charge is 0.311 e. The number of nitrogens with one attached hydrogen (secondary N) is 1. The fourth-order valence-electron chi connectivity index (χ4n) is 4.97. The summed E-state index contributed by atoms with van der Waals surface area (Å²) >= 11 is 5.81. The lowest BCUT2D eigenvalue weighted by Crippen LogP contribution is -2.50. The highest BCUT2D eigenvalue weighted by Gasteiger charge is 2.50. The van der Waals surface area contributed by atoms with E-state index in [1.807, 2.05) is 0 Å². The van der Waals surface area contributed by atoms with E-state index in [0.717, 1.165) is 29.3 Å². The summed E-state index contributed by atoms with van der Waals surface area (Å²) in [6, 6.07) is 0. The first-order chi connectivity index (χ1) is 7.65. The van der Waals surface area contributed by atoms with Crippen molar-refractivity contribution in [3.8, 4) is 0 Å². The highest BCUT2D eigenvalue weighted by Crippen LogP contribution is 2.59. The van der Waals surface area contributed by atoms with Gasteiger partial charge in [-0.15, -0.1) is 0 Å². The summed E-state index contributed by atoms with van der Waals surface area (Å²) in [5.41, 5.74) is 0.626. The molecule has 2 heteroatoms. The number of hydrogen-bond donors (Lipinski definition) is 1. The molecular formula is C14H22ClN. The average Bonchev–Trinajstić information content (AvgIpc) is 2.13. The lowest BCUT2D eigenvalue weighted by atomic mass is 9.49. The molecule has 0 amide bonds. The molecule has 0 aliphatic heterocycles. The average molecular weight is 240 g/mol.